The summed E-state index contributed by atoms with van der Waals surface area (Å²) in [6.07, 6.45) is 0.616. The Morgan fingerprint density at radius 2 is 1.81 bits per heavy atom. The van der Waals surface area contributed by atoms with E-state index in [2.05, 4.69) is 10.8 Å². The molecule has 1 atom stereocenters. The predicted octanol–water partition coefficient (Wildman–Crippen LogP) is 2.97. The fraction of sp³-hybridized carbons (Fsp3) is 0.235. The molecule has 0 saturated carbocycles. The molecule has 0 spiro atoms. The second-order valence-electron chi connectivity index (χ2n) is 5.13. The van der Waals surface area contributed by atoms with E-state index in [9.17, 15) is 4.79 Å². The van der Waals surface area contributed by atoms with Crippen LogP contribution in [0.3, 0.4) is 0 Å². The molecule has 0 saturated heterocycles. The summed E-state index contributed by atoms with van der Waals surface area (Å²) in [6.45, 7) is 2.39. The van der Waals surface area contributed by atoms with Crippen LogP contribution in [0.25, 0.3) is 0 Å². The van der Waals surface area contributed by atoms with Crippen molar-refractivity contribution in [2.24, 2.45) is 0 Å². The van der Waals surface area contributed by atoms with E-state index < -0.39 is 5.54 Å². The Bertz CT molecular complexity index is 642. The van der Waals surface area contributed by atoms with Gasteiger partial charge in [-0.1, -0.05) is 55.5 Å². The summed E-state index contributed by atoms with van der Waals surface area (Å²) in [5.74, 6) is -0.0701. The summed E-state index contributed by atoms with van der Waals surface area (Å²) in [4.78, 5) is 18.0. The molecule has 0 bridgehead atoms. The number of hydroxylamine groups is 1. The van der Waals surface area contributed by atoms with Gasteiger partial charge in [0.1, 0.15) is 5.54 Å². The fourth-order valence-electron chi connectivity index (χ4n) is 2.66. The van der Waals surface area contributed by atoms with E-state index in [0.717, 1.165) is 16.8 Å². The van der Waals surface area contributed by atoms with E-state index in [1.54, 1.807) is 0 Å². The first-order valence-electron chi connectivity index (χ1n) is 7.10. The Morgan fingerprint density at radius 1 is 1.10 bits per heavy atom. The molecule has 4 heteroatoms. The lowest BCUT2D eigenvalue weighted by Gasteiger charge is -2.26. The van der Waals surface area contributed by atoms with Crippen LogP contribution in [0.15, 0.2) is 54.6 Å². The zero-order chi connectivity index (χ0) is 14.7. The van der Waals surface area contributed by atoms with Crippen molar-refractivity contribution in [1.82, 2.24) is 5.48 Å². The average molecular weight is 282 g/mol. The van der Waals surface area contributed by atoms with Gasteiger partial charge in [0.2, 0.25) is 0 Å². The third-order valence-electron chi connectivity index (χ3n) is 3.88. The maximum Gasteiger partial charge on any atom is 0.251 e. The molecule has 2 N–H and O–H groups in total. The maximum atomic E-state index is 12.4. The Labute approximate surface area is 124 Å². The van der Waals surface area contributed by atoms with Gasteiger partial charge < -0.3 is 5.32 Å². The summed E-state index contributed by atoms with van der Waals surface area (Å²) in [5.41, 5.74) is 5.01. The van der Waals surface area contributed by atoms with Crippen LogP contribution in [0.5, 0.6) is 0 Å². The predicted molar refractivity (Wildman–Crippen MR) is 81.4 cm³/mol. The summed E-state index contributed by atoms with van der Waals surface area (Å²) in [5, 5.41) is 2.91. The zero-order valence-electron chi connectivity index (χ0n) is 11.9. The van der Waals surface area contributed by atoms with Crippen molar-refractivity contribution in [3.05, 3.63) is 65.7 Å². The standard InChI is InChI=1S/C17H18N2O2/c1-2-17(19-21-12-13-8-4-3-5-9-13)14-10-6-7-11-15(14)18-16(17)20/h3-11,19H,2,12H2,1H3,(H,18,20). The molecular formula is C17H18N2O2. The third-order valence-corrected chi connectivity index (χ3v) is 3.88. The van der Waals surface area contributed by atoms with Gasteiger partial charge >= 0.3 is 0 Å². The van der Waals surface area contributed by atoms with Crippen molar-refractivity contribution in [3.8, 4) is 0 Å². The van der Waals surface area contributed by atoms with Crippen molar-refractivity contribution >= 4 is 11.6 Å². The van der Waals surface area contributed by atoms with Crippen LogP contribution < -0.4 is 10.8 Å². The molecule has 0 fully saturated rings. The molecule has 0 aromatic heterocycles. The second kappa shape index (κ2) is 5.68. The molecular weight excluding hydrogens is 264 g/mol. The highest BCUT2D eigenvalue weighted by Crippen LogP contribution is 2.38. The van der Waals surface area contributed by atoms with Crippen LogP contribution >= 0.6 is 0 Å². The Kier molecular flexibility index (Phi) is 3.73. The lowest BCUT2D eigenvalue weighted by Crippen LogP contribution is -2.47. The number of hydrogen-bond donors (Lipinski definition) is 2. The molecule has 0 radical (unpaired) electrons. The lowest BCUT2D eigenvalue weighted by molar-refractivity contribution is -0.131. The van der Waals surface area contributed by atoms with Crippen LogP contribution in [0.4, 0.5) is 5.69 Å². The number of hydrogen-bond acceptors (Lipinski definition) is 3. The van der Waals surface area contributed by atoms with E-state index in [0.29, 0.717) is 13.0 Å². The van der Waals surface area contributed by atoms with Crippen LogP contribution in [0.1, 0.15) is 24.5 Å². The molecule has 2 aromatic rings. The fourth-order valence-corrected chi connectivity index (χ4v) is 2.66. The number of carbonyl (C=O) groups is 1. The number of nitrogens with one attached hydrogen (secondary N) is 2. The first-order valence-corrected chi connectivity index (χ1v) is 7.10. The number of para-hydroxylation sites is 1. The minimum absolute atomic E-state index is 0.0701. The molecule has 1 aliphatic rings. The van der Waals surface area contributed by atoms with E-state index >= 15 is 0 Å². The molecule has 1 heterocycles. The highest BCUT2D eigenvalue weighted by Gasteiger charge is 2.45. The van der Waals surface area contributed by atoms with Crippen molar-refractivity contribution in [1.29, 1.82) is 0 Å². The molecule has 1 amide bonds. The van der Waals surface area contributed by atoms with E-state index in [4.69, 9.17) is 4.84 Å². The minimum Gasteiger partial charge on any atom is -0.324 e. The van der Waals surface area contributed by atoms with Crippen molar-refractivity contribution < 1.29 is 9.63 Å². The third kappa shape index (κ3) is 2.44. The SMILES string of the molecule is CCC1(NOCc2ccccc2)C(=O)Nc2ccccc21. The average Bonchev–Trinajstić information content (AvgIpc) is 2.81. The van der Waals surface area contributed by atoms with Gasteiger partial charge in [-0.3, -0.25) is 9.63 Å². The van der Waals surface area contributed by atoms with Gasteiger partial charge in [-0.2, -0.15) is 5.48 Å². The molecule has 3 rings (SSSR count). The van der Waals surface area contributed by atoms with Gasteiger partial charge in [-0.25, -0.2) is 0 Å². The highest BCUT2D eigenvalue weighted by atomic mass is 16.6. The van der Waals surface area contributed by atoms with Crippen molar-refractivity contribution in [2.75, 3.05) is 5.32 Å². The van der Waals surface area contributed by atoms with Crippen molar-refractivity contribution in [3.63, 3.8) is 0 Å². The number of anilines is 1. The van der Waals surface area contributed by atoms with Gasteiger partial charge in [-0.15, -0.1) is 0 Å². The molecule has 0 aliphatic carbocycles. The molecule has 1 aliphatic heterocycles. The number of rotatable bonds is 5. The normalized spacial score (nSPS) is 20.1. The Morgan fingerprint density at radius 3 is 2.57 bits per heavy atom. The maximum absolute atomic E-state index is 12.4. The van der Waals surface area contributed by atoms with Crippen molar-refractivity contribution in [2.45, 2.75) is 25.5 Å². The number of benzene rings is 2. The van der Waals surface area contributed by atoms with Gasteiger partial charge in [-0.05, 0) is 18.1 Å². The summed E-state index contributed by atoms with van der Waals surface area (Å²) in [7, 11) is 0. The number of carbonyl (C=O) groups excluding carboxylic acids is 1. The van der Waals surface area contributed by atoms with E-state index in [1.165, 1.54) is 0 Å². The number of fused-ring (bicyclic) bond motifs is 1. The molecule has 4 nitrogen and oxygen atoms in total. The first kappa shape index (κ1) is 13.8. The summed E-state index contributed by atoms with van der Waals surface area (Å²) < 4.78 is 0. The summed E-state index contributed by atoms with van der Waals surface area (Å²) in [6, 6.07) is 17.6. The summed E-state index contributed by atoms with van der Waals surface area (Å²) >= 11 is 0. The van der Waals surface area contributed by atoms with Crippen LogP contribution in [-0.4, -0.2) is 5.91 Å². The molecule has 2 aromatic carbocycles. The first-order chi connectivity index (χ1) is 10.3. The van der Waals surface area contributed by atoms with E-state index in [1.807, 2.05) is 61.5 Å². The van der Waals surface area contributed by atoms with E-state index in [-0.39, 0.29) is 5.91 Å². The molecule has 21 heavy (non-hydrogen) atoms. The Hall–Kier alpha value is -2.17. The van der Waals surface area contributed by atoms with Gasteiger partial charge in [0.15, 0.2) is 0 Å². The Balaban J connectivity index is 1.77. The quantitative estimate of drug-likeness (QED) is 0.829. The highest BCUT2D eigenvalue weighted by molar-refractivity contribution is 6.05. The zero-order valence-corrected chi connectivity index (χ0v) is 11.9. The van der Waals surface area contributed by atoms with Gasteiger partial charge in [0, 0.05) is 11.3 Å². The van der Waals surface area contributed by atoms with Gasteiger partial charge in [0.05, 0.1) is 6.61 Å². The lowest BCUT2D eigenvalue weighted by atomic mass is 9.89. The second-order valence-corrected chi connectivity index (χ2v) is 5.13. The van der Waals surface area contributed by atoms with Crippen LogP contribution in [-0.2, 0) is 21.8 Å². The minimum atomic E-state index is -0.814. The van der Waals surface area contributed by atoms with Crippen LogP contribution in [0.2, 0.25) is 0 Å². The smallest absolute Gasteiger partial charge is 0.251 e. The topological polar surface area (TPSA) is 50.4 Å². The number of amides is 1. The molecule has 1 unspecified atom stereocenters. The largest absolute Gasteiger partial charge is 0.324 e. The van der Waals surface area contributed by atoms with Crippen LogP contribution in [0, 0.1) is 0 Å². The van der Waals surface area contributed by atoms with Gasteiger partial charge in [0.25, 0.3) is 5.91 Å². The molecule has 108 valence electrons. The monoisotopic (exact) mass is 282 g/mol.